The molecule has 2 aromatic carbocycles. The van der Waals surface area contributed by atoms with Gasteiger partial charge in [0.1, 0.15) is 11.5 Å². The number of hydrogen-bond donors (Lipinski definition) is 2. The lowest BCUT2D eigenvalue weighted by molar-refractivity contribution is 0.0940. The lowest BCUT2D eigenvalue weighted by Crippen LogP contribution is -2.30. The smallest absolute Gasteiger partial charge is 0.261 e. The van der Waals surface area contributed by atoms with Crippen molar-refractivity contribution in [3.63, 3.8) is 0 Å². The lowest BCUT2D eigenvalue weighted by atomic mass is 10.2. The molecule has 0 saturated carbocycles. The summed E-state index contributed by atoms with van der Waals surface area (Å²) >= 11 is 0. The van der Waals surface area contributed by atoms with E-state index in [1.807, 2.05) is 13.8 Å². The second-order valence-electron chi connectivity index (χ2n) is 5.83. The maximum atomic E-state index is 12.7. The van der Waals surface area contributed by atoms with Crippen LogP contribution in [0.4, 0.5) is 5.69 Å². The SMILES string of the molecule is COc1cccc(NS(=O)(=O)c2ccc(OC)c(C(=O)NC(C)C)c2)c1. The Labute approximate surface area is 153 Å². The van der Waals surface area contributed by atoms with E-state index < -0.39 is 15.9 Å². The number of anilines is 1. The maximum Gasteiger partial charge on any atom is 0.261 e. The lowest BCUT2D eigenvalue weighted by Gasteiger charge is -2.14. The fourth-order valence-electron chi connectivity index (χ4n) is 2.27. The minimum Gasteiger partial charge on any atom is -0.497 e. The van der Waals surface area contributed by atoms with E-state index in [9.17, 15) is 13.2 Å². The normalized spacial score (nSPS) is 11.1. The number of sulfonamides is 1. The van der Waals surface area contributed by atoms with Crippen LogP contribution in [0.2, 0.25) is 0 Å². The summed E-state index contributed by atoms with van der Waals surface area (Å²) in [6, 6.07) is 10.6. The van der Waals surface area contributed by atoms with Crippen molar-refractivity contribution in [2.45, 2.75) is 24.8 Å². The van der Waals surface area contributed by atoms with Crippen LogP contribution in [0.5, 0.6) is 11.5 Å². The van der Waals surface area contributed by atoms with E-state index in [1.165, 1.54) is 32.4 Å². The van der Waals surface area contributed by atoms with Crippen molar-refractivity contribution in [1.29, 1.82) is 0 Å². The van der Waals surface area contributed by atoms with Gasteiger partial charge in [0.05, 0.1) is 30.4 Å². The van der Waals surface area contributed by atoms with Crippen LogP contribution < -0.4 is 19.5 Å². The Balaban J connectivity index is 2.38. The number of nitrogens with one attached hydrogen (secondary N) is 2. The molecule has 0 unspecified atom stereocenters. The van der Waals surface area contributed by atoms with Gasteiger partial charge in [-0.25, -0.2) is 8.42 Å². The molecular weight excluding hydrogens is 356 g/mol. The quantitative estimate of drug-likeness (QED) is 0.772. The predicted molar refractivity (Wildman–Crippen MR) is 99.4 cm³/mol. The number of ether oxygens (including phenoxy) is 2. The number of amides is 1. The van der Waals surface area contributed by atoms with Crippen molar-refractivity contribution in [3.05, 3.63) is 48.0 Å². The molecule has 0 aliphatic heterocycles. The highest BCUT2D eigenvalue weighted by Crippen LogP contribution is 2.25. The molecule has 0 atom stereocenters. The molecule has 2 aromatic rings. The highest BCUT2D eigenvalue weighted by atomic mass is 32.2. The van der Waals surface area contributed by atoms with E-state index in [0.29, 0.717) is 17.2 Å². The minimum absolute atomic E-state index is 0.0463. The molecule has 0 saturated heterocycles. The molecule has 26 heavy (non-hydrogen) atoms. The third-order valence-electron chi connectivity index (χ3n) is 3.47. The van der Waals surface area contributed by atoms with Crippen LogP contribution >= 0.6 is 0 Å². The first-order chi connectivity index (χ1) is 12.3. The van der Waals surface area contributed by atoms with Crippen LogP contribution in [0.25, 0.3) is 0 Å². The second-order valence-corrected chi connectivity index (χ2v) is 7.51. The van der Waals surface area contributed by atoms with Gasteiger partial charge >= 0.3 is 0 Å². The number of rotatable bonds is 7. The highest BCUT2D eigenvalue weighted by Gasteiger charge is 2.20. The first-order valence-corrected chi connectivity index (χ1v) is 9.41. The molecule has 0 fully saturated rings. The largest absolute Gasteiger partial charge is 0.497 e. The van der Waals surface area contributed by atoms with Crippen LogP contribution in [-0.4, -0.2) is 34.6 Å². The van der Waals surface area contributed by atoms with Gasteiger partial charge in [-0.05, 0) is 44.2 Å². The first kappa shape index (κ1) is 19.6. The third-order valence-corrected chi connectivity index (χ3v) is 4.85. The summed E-state index contributed by atoms with van der Waals surface area (Å²) in [6.07, 6.45) is 0. The summed E-state index contributed by atoms with van der Waals surface area (Å²) in [4.78, 5) is 12.3. The van der Waals surface area contributed by atoms with E-state index in [1.54, 1.807) is 24.3 Å². The van der Waals surface area contributed by atoms with E-state index >= 15 is 0 Å². The molecule has 1 amide bonds. The van der Waals surface area contributed by atoms with E-state index in [4.69, 9.17) is 9.47 Å². The second kappa shape index (κ2) is 8.09. The fourth-order valence-corrected chi connectivity index (χ4v) is 3.35. The zero-order valence-corrected chi connectivity index (χ0v) is 15.9. The van der Waals surface area contributed by atoms with Crippen molar-refractivity contribution < 1.29 is 22.7 Å². The van der Waals surface area contributed by atoms with Gasteiger partial charge in [-0.1, -0.05) is 6.07 Å². The van der Waals surface area contributed by atoms with Gasteiger partial charge in [0.15, 0.2) is 0 Å². The van der Waals surface area contributed by atoms with Crippen LogP contribution in [0.15, 0.2) is 47.4 Å². The van der Waals surface area contributed by atoms with Gasteiger partial charge in [-0.2, -0.15) is 0 Å². The molecule has 8 heteroatoms. The molecule has 0 aromatic heterocycles. The van der Waals surface area contributed by atoms with Gasteiger partial charge in [-0.15, -0.1) is 0 Å². The third kappa shape index (κ3) is 4.66. The minimum atomic E-state index is -3.89. The van der Waals surface area contributed by atoms with Gasteiger partial charge in [0.2, 0.25) is 0 Å². The predicted octanol–water partition coefficient (Wildman–Crippen LogP) is 2.64. The Kier molecular flexibility index (Phi) is 6.10. The van der Waals surface area contributed by atoms with Crippen molar-refractivity contribution in [1.82, 2.24) is 5.32 Å². The molecule has 0 aliphatic rings. The Bertz CT molecular complexity index is 894. The number of carbonyl (C=O) groups excluding carboxylic acids is 1. The van der Waals surface area contributed by atoms with Gasteiger partial charge in [0.25, 0.3) is 15.9 Å². The van der Waals surface area contributed by atoms with Crippen molar-refractivity contribution in [2.24, 2.45) is 0 Å². The van der Waals surface area contributed by atoms with E-state index in [0.717, 1.165) is 0 Å². The topological polar surface area (TPSA) is 93.7 Å². The first-order valence-electron chi connectivity index (χ1n) is 7.92. The average molecular weight is 378 g/mol. The molecule has 7 nitrogen and oxygen atoms in total. The molecular formula is C18H22N2O5S. The Morgan fingerprint density at radius 3 is 2.38 bits per heavy atom. The van der Waals surface area contributed by atoms with Crippen LogP contribution in [0.1, 0.15) is 24.2 Å². The van der Waals surface area contributed by atoms with Crippen molar-refractivity contribution >= 4 is 21.6 Å². The van der Waals surface area contributed by atoms with Gasteiger partial charge < -0.3 is 14.8 Å². The van der Waals surface area contributed by atoms with Crippen LogP contribution in [-0.2, 0) is 10.0 Å². The number of hydrogen-bond acceptors (Lipinski definition) is 5. The molecule has 0 bridgehead atoms. The summed E-state index contributed by atoms with van der Waals surface area (Å²) < 4.78 is 38.1. The highest BCUT2D eigenvalue weighted by molar-refractivity contribution is 7.92. The average Bonchev–Trinajstić information content (AvgIpc) is 2.60. The Hall–Kier alpha value is -2.74. The van der Waals surface area contributed by atoms with Gasteiger partial charge in [0, 0.05) is 12.1 Å². The standard InChI is InChI=1S/C18H22N2O5S/c1-12(2)19-18(21)16-11-15(8-9-17(16)25-4)26(22,23)20-13-6-5-7-14(10-13)24-3/h5-12,20H,1-4H3,(H,19,21). The van der Waals surface area contributed by atoms with Crippen LogP contribution in [0.3, 0.4) is 0 Å². The Morgan fingerprint density at radius 1 is 1.04 bits per heavy atom. The van der Waals surface area contributed by atoms with E-state index in [-0.39, 0.29) is 16.5 Å². The Morgan fingerprint density at radius 2 is 1.77 bits per heavy atom. The fraction of sp³-hybridized carbons (Fsp3) is 0.278. The zero-order chi connectivity index (χ0) is 19.3. The van der Waals surface area contributed by atoms with Crippen LogP contribution in [0, 0.1) is 0 Å². The molecule has 0 aliphatic carbocycles. The molecule has 0 heterocycles. The van der Waals surface area contributed by atoms with Crippen molar-refractivity contribution in [2.75, 3.05) is 18.9 Å². The molecule has 0 radical (unpaired) electrons. The van der Waals surface area contributed by atoms with Gasteiger partial charge in [-0.3, -0.25) is 9.52 Å². The summed E-state index contributed by atoms with van der Waals surface area (Å²) in [6.45, 7) is 3.63. The number of carbonyl (C=O) groups is 1. The van der Waals surface area contributed by atoms with Crippen molar-refractivity contribution in [3.8, 4) is 11.5 Å². The molecule has 0 spiro atoms. The zero-order valence-electron chi connectivity index (χ0n) is 15.1. The monoisotopic (exact) mass is 378 g/mol. The maximum absolute atomic E-state index is 12.7. The molecule has 140 valence electrons. The number of benzene rings is 2. The summed E-state index contributed by atoms with van der Waals surface area (Å²) in [5, 5.41) is 2.73. The summed E-state index contributed by atoms with van der Waals surface area (Å²) in [5.74, 6) is 0.413. The molecule has 2 N–H and O–H groups in total. The molecule has 2 rings (SSSR count). The summed E-state index contributed by atoms with van der Waals surface area (Å²) in [5.41, 5.74) is 0.503. The summed E-state index contributed by atoms with van der Waals surface area (Å²) in [7, 11) is -0.971. The number of methoxy groups -OCH3 is 2. The van der Waals surface area contributed by atoms with E-state index in [2.05, 4.69) is 10.0 Å².